The highest BCUT2D eigenvalue weighted by Gasteiger charge is 2.47. The Balaban J connectivity index is 1.99. The molecule has 1 saturated heterocycles. The first-order chi connectivity index (χ1) is 18.4. The number of rotatable bonds is 9. The summed E-state index contributed by atoms with van der Waals surface area (Å²) in [5.74, 6) is -0.0354. The molecule has 1 unspecified atom stereocenters. The molecule has 0 aromatic heterocycles. The van der Waals surface area contributed by atoms with Crippen molar-refractivity contribution in [3.05, 3.63) is 77.4 Å². The standard InChI is InChI=1S/C29H29NO8/c1-6-38-19-13-11-18(12-14-19)30-26(17-10-15-20(34-2)23(16-17)37-5)25(28(32)29(30)33)27(31)24-21(35-3)8-7-9-22(24)36-4/h7-16,26,31H,6H2,1-5H3/b27-25+. The number of benzene rings is 3. The number of ketones is 1. The lowest BCUT2D eigenvalue weighted by Gasteiger charge is -2.26. The van der Waals surface area contributed by atoms with Crippen LogP contribution in [0, 0.1) is 0 Å². The molecule has 0 spiro atoms. The third-order valence-electron chi connectivity index (χ3n) is 6.26. The average molecular weight is 520 g/mol. The fourth-order valence-electron chi connectivity index (χ4n) is 4.53. The van der Waals surface area contributed by atoms with Gasteiger partial charge in [-0.2, -0.15) is 0 Å². The van der Waals surface area contributed by atoms with Gasteiger partial charge in [0, 0.05) is 5.69 Å². The van der Waals surface area contributed by atoms with Crippen molar-refractivity contribution in [1.29, 1.82) is 0 Å². The van der Waals surface area contributed by atoms with Crippen LogP contribution in [0.3, 0.4) is 0 Å². The maximum Gasteiger partial charge on any atom is 0.300 e. The van der Waals surface area contributed by atoms with Crippen LogP contribution in [0.15, 0.2) is 66.2 Å². The molecule has 1 aliphatic rings. The second-order valence-corrected chi connectivity index (χ2v) is 8.25. The smallest absolute Gasteiger partial charge is 0.300 e. The molecule has 3 aromatic carbocycles. The molecule has 1 N–H and O–H groups in total. The molecule has 0 aliphatic carbocycles. The molecule has 9 heteroatoms. The molecular formula is C29H29NO8. The Morgan fingerprint density at radius 1 is 0.816 bits per heavy atom. The van der Waals surface area contributed by atoms with Gasteiger partial charge in [0.2, 0.25) is 0 Å². The van der Waals surface area contributed by atoms with E-state index in [1.165, 1.54) is 33.3 Å². The number of amides is 1. The van der Waals surface area contributed by atoms with Gasteiger partial charge in [-0.15, -0.1) is 0 Å². The molecule has 0 bridgehead atoms. The number of Topliss-reactive ketones (excluding diaryl/α,β-unsaturated/α-hetero) is 1. The summed E-state index contributed by atoms with van der Waals surface area (Å²) in [6.07, 6.45) is 0. The lowest BCUT2D eigenvalue weighted by molar-refractivity contribution is -0.132. The molecule has 1 fully saturated rings. The topological polar surface area (TPSA) is 104 Å². The number of anilines is 1. The minimum atomic E-state index is -0.998. The third kappa shape index (κ3) is 4.58. The van der Waals surface area contributed by atoms with Gasteiger partial charge < -0.3 is 28.8 Å². The van der Waals surface area contributed by atoms with Crippen molar-refractivity contribution >= 4 is 23.1 Å². The van der Waals surface area contributed by atoms with Gasteiger partial charge in [-0.25, -0.2) is 0 Å². The van der Waals surface area contributed by atoms with Crippen LogP contribution in [0.5, 0.6) is 28.7 Å². The summed E-state index contributed by atoms with van der Waals surface area (Å²) in [4.78, 5) is 28.4. The summed E-state index contributed by atoms with van der Waals surface area (Å²) < 4.78 is 27.3. The Kier molecular flexibility index (Phi) is 7.76. The monoisotopic (exact) mass is 519 g/mol. The Morgan fingerprint density at radius 3 is 1.97 bits per heavy atom. The van der Waals surface area contributed by atoms with Crippen LogP contribution in [0.4, 0.5) is 5.69 Å². The van der Waals surface area contributed by atoms with Crippen LogP contribution in [0.25, 0.3) is 5.76 Å². The average Bonchev–Trinajstić information content (AvgIpc) is 3.22. The zero-order valence-electron chi connectivity index (χ0n) is 21.8. The molecule has 0 saturated carbocycles. The molecule has 198 valence electrons. The van der Waals surface area contributed by atoms with E-state index in [0.29, 0.717) is 35.1 Å². The first-order valence-electron chi connectivity index (χ1n) is 11.9. The number of ether oxygens (including phenoxy) is 5. The van der Waals surface area contributed by atoms with Crippen LogP contribution in [-0.2, 0) is 9.59 Å². The largest absolute Gasteiger partial charge is 0.506 e. The van der Waals surface area contributed by atoms with Crippen LogP contribution in [-0.4, -0.2) is 51.8 Å². The highest BCUT2D eigenvalue weighted by atomic mass is 16.5. The fourth-order valence-corrected chi connectivity index (χ4v) is 4.53. The van der Waals surface area contributed by atoms with Crippen molar-refractivity contribution < 1.29 is 38.4 Å². The minimum absolute atomic E-state index is 0.126. The molecule has 0 radical (unpaired) electrons. The highest BCUT2D eigenvalue weighted by Crippen LogP contribution is 2.46. The van der Waals surface area contributed by atoms with Gasteiger partial charge in [-0.3, -0.25) is 14.5 Å². The number of aliphatic hydroxyl groups excluding tert-OH is 1. The number of carbonyl (C=O) groups is 2. The second-order valence-electron chi connectivity index (χ2n) is 8.25. The number of carbonyl (C=O) groups excluding carboxylic acids is 2. The SMILES string of the molecule is CCOc1ccc(N2C(=O)C(=O)/C(=C(/O)c3c(OC)cccc3OC)C2c2ccc(OC)c(OC)c2)cc1. The molecule has 1 aliphatic heterocycles. The molecule has 4 rings (SSSR count). The number of hydrogen-bond acceptors (Lipinski definition) is 8. The van der Waals surface area contributed by atoms with E-state index in [9.17, 15) is 14.7 Å². The normalized spacial score (nSPS) is 16.3. The lowest BCUT2D eigenvalue weighted by atomic mass is 9.94. The Hall–Kier alpha value is -4.66. The summed E-state index contributed by atoms with van der Waals surface area (Å²) in [7, 11) is 5.88. The van der Waals surface area contributed by atoms with Crippen molar-refractivity contribution in [1.82, 2.24) is 0 Å². The third-order valence-corrected chi connectivity index (χ3v) is 6.26. The number of methoxy groups -OCH3 is 4. The lowest BCUT2D eigenvalue weighted by Crippen LogP contribution is -2.29. The Morgan fingerprint density at radius 2 is 1.42 bits per heavy atom. The van der Waals surface area contributed by atoms with Crippen LogP contribution in [0.1, 0.15) is 24.1 Å². The summed E-state index contributed by atoms with van der Waals surface area (Å²) in [5, 5.41) is 11.6. The summed E-state index contributed by atoms with van der Waals surface area (Å²) in [6.45, 7) is 2.35. The van der Waals surface area contributed by atoms with Gasteiger partial charge >= 0.3 is 0 Å². The second kappa shape index (κ2) is 11.2. The van der Waals surface area contributed by atoms with E-state index in [2.05, 4.69) is 0 Å². The van der Waals surface area contributed by atoms with E-state index >= 15 is 0 Å². The minimum Gasteiger partial charge on any atom is -0.506 e. The first-order valence-corrected chi connectivity index (χ1v) is 11.9. The van der Waals surface area contributed by atoms with Crippen molar-refractivity contribution in [3.8, 4) is 28.7 Å². The van der Waals surface area contributed by atoms with E-state index in [1.54, 1.807) is 60.7 Å². The van der Waals surface area contributed by atoms with Crippen LogP contribution >= 0.6 is 0 Å². The molecule has 1 atom stereocenters. The van der Waals surface area contributed by atoms with Crippen molar-refractivity contribution in [3.63, 3.8) is 0 Å². The van der Waals surface area contributed by atoms with E-state index in [0.717, 1.165) is 0 Å². The van der Waals surface area contributed by atoms with E-state index < -0.39 is 23.5 Å². The van der Waals surface area contributed by atoms with Gasteiger partial charge in [0.15, 0.2) is 11.5 Å². The van der Waals surface area contributed by atoms with Crippen molar-refractivity contribution in [2.45, 2.75) is 13.0 Å². The quantitative estimate of drug-likeness (QED) is 0.246. The van der Waals surface area contributed by atoms with E-state index in [-0.39, 0.29) is 22.6 Å². The maximum atomic E-state index is 13.6. The van der Waals surface area contributed by atoms with Crippen LogP contribution in [0.2, 0.25) is 0 Å². The van der Waals surface area contributed by atoms with E-state index in [1.807, 2.05) is 6.92 Å². The molecule has 9 nitrogen and oxygen atoms in total. The zero-order valence-corrected chi connectivity index (χ0v) is 21.8. The zero-order chi connectivity index (χ0) is 27.4. The fraction of sp³-hybridized carbons (Fsp3) is 0.241. The van der Waals surface area contributed by atoms with Gasteiger partial charge in [-0.1, -0.05) is 12.1 Å². The number of aliphatic hydroxyl groups is 1. The molecule has 38 heavy (non-hydrogen) atoms. The number of nitrogens with zero attached hydrogens (tertiary/aromatic N) is 1. The van der Waals surface area contributed by atoms with Crippen molar-refractivity contribution in [2.24, 2.45) is 0 Å². The summed E-state index contributed by atoms with van der Waals surface area (Å²) >= 11 is 0. The maximum absolute atomic E-state index is 13.6. The highest BCUT2D eigenvalue weighted by molar-refractivity contribution is 6.51. The molecule has 3 aromatic rings. The van der Waals surface area contributed by atoms with Gasteiger partial charge in [0.05, 0.1) is 46.7 Å². The van der Waals surface area contributed by atoms with Crippen LogP contribution < -0.4 is 28.6 Å². The predicted molar refractivity (Wildman–Crippen MR) is 141 cm³/mol. The molecular weight excluding hydrogens is 490 g/mol. The number of hydrogen-bond donors (Lipinski definition) is 1. The molecule has 1 amide bonds. The van der Waals surface area contributed by atoms with Crippen molar-refractivity contribution in [2.75, 3.05) is 39.9 Å². The van der Waals surface area contributed by atoms with Gasteiger partial charge in [-0.05, 0) is 61.0 Å². The van der Waals surface area contributed by atoms with Gasteiger partial charge in [0.25, 0.3) is 11.7 Å². The summed E-state index contributed by atoms with van der Waals surface area (Å²) in [5.41, 5.74) is 0.999. The molecule has 1 heterocycles. The summed E-state index contributed by atoms with van der Waals surface area (Å²) in [6, 6.07) is 15.8. The van der Waals surface area contributed by atoms with Gasteiger partial charge in [0.1, 0.15) is 28.6 Å². The predicted octanol–water partition coefficient (Wildman–Crippen LogP) is 4.75. The Labute approximate surface area is 220 Å². The van der Waals surface area contributed by atoms with E-state index in [4.69, 9.17) is 23.7 Å². The Bertz CT molecular complexity index is 1360. The first kappa shape index (κ1) is 26.4.